The van der Waals surface area contributed by atoms with Crippen LogP contribution in [0.3, 0.4) is 0 Å². The van der Waals surface area contributed by atoms with Crippen LogP contribution in [0.15, 0.2) is 119 Å². The second kappa shape index (κ2) is 11.8. The van der Waals surface area contributed by atoms with E-state index in [0.717, 1.165) is 64.6 Å². The molecule has 2 heterocycles. The molecule has 228 valence electrons. The highest BCUT2D eigenvalue weighted by molar-refractivity contribution is 6.37. The topological polar surface area (TPSA) is 20.5 Å². The number of halogens is 2. The Morgan fingerprint density at radius 3 is 2.22 bits per heavy atom. The highest BCUT2D eigenvalue weighted by Crippen LogP contribution is 2.47. The molecular weight excluding hydrogens is 605 g/mol. The van der Waals surface area contributed by atoms with E-state index < -0.39 is 0 Å². The number of hydrogen-bond donors (Lipinski definition) is 0. The number of aliphatic imine (C=N–C) groups is 1. The van der Waals surface area contributed by atoms with Crippen LogP contribution >= 0.6 is 23.2 Å². The maximum absolute atomic E-state index is 6.64. The van der Waals surface area contributed by atoms with E-state index in [9.17, 15) is 0 Å². The Hall–Kier alpha value is -4.31. The number of aromatic nitrogens is 1. The molecule has 0 saturated heterocycles. The summed E-state index contributed by atoms with van der Waals surface area (Å²) in [5.74, 6) is 0. The third kappa shape index (κ3) is 4.68. The van der Waals surface area contributed by atoms with Gasteiger partial charge in [0.25, 0.3) is 0 Å². The fraction of sp³-hybridized carbons (Fsp3) is 0.195. The minimum absolute atomic E-state index is 0.269. The van der Waals surface area contributed by atoms with E-state index in [0.29, 0.717) is 0 Å². The summed E-state index contributed by atoms with van der Waals surface area (Å²) in [6.45, 7) is 6.28. The molecule has 1 unspecified atom stereocenters. The third-order valence-electron chi connectivity index (χ3n) is 9.82. The molecule has 6 aromatic rings. The normalized spacial score (nSPS) is 19.4. The Labute approximate surface area is 279 Å². The third-order valence-corrected chi connectivity index (χ3v) is 10.5. The molecule has 5 heteroatoms. The molecule has 0 N–H and O–H groups in total. The van der Waals surface area contributed by atoms with Crippen LogP contribution in [-0.4, -0.2) is 16.8 Å². The van der Waals surface area contributed by atoms with Gasteiger partial charge in [0.05, 0.1) is 17.4 Å². The van der Waals surface area contributed by atoms with Gasteiger partial charge in [0, 0.05) is 66.6 Å². The zero-order valence-electron chi connectivity index (χ0n) is 26.1. The Balaban J connectivity index is 1.21. The van der Waals surface area contributed by atoms with Crippen molar-refractivity contribution in [1.82, 2.24) is 4.57 Å². The lowest BCUT2D eigenvalue weighted by Gasteiger charge is -2.26. The highest BCUT2D eigenvalue weighted by atomic mass is 35.5. The van der Waals surface area contributed by atoms with Crippen LogP contribution in [0, 0.1) is 0 Å². The lowest BCUT2D eigenvalue weighted by Crippen LogP contribution is -2.24. The first-order valence-corrected chi connectivity index (χ1v) is 17.0. The summed E-state index contributed by atoms with van der Waals surface area (Å²) in [5.41, 5.74) is 8.55. The number of benzene rings is 5. The summed E-state index contributed by atoms with van der Waals surface area (Å²) >= 11 is 13.3. The summed E-state index contributed by atoms with van der Waals surface area (Å²) < 4.78 is 2.40. The second-order valence-corrected chi connectivity index (χ2v) is 13.0. The molecule has 5 aromatic carbocycles. The van der Waals surface area contributed by atoms with Crippen LogP contribution in [-0.2, 0) is 6.54 Å². The minimum Gasteiger partial charge on any atom is -0.364 e. The zero-order chi connectivity index (χ0) is 31.4. The molecule has 0 amide bonds. The predicted molar refractivity (Wildman–Crippen MR) is 198 cm³/mol. The van der Waals surface area contributed by atoms with E-state index in [1.165, 1.54) is 49.4 Å². The van der Waals surface area contributed by atoms with Crippen molar-refractivity contribution in [2.24, 2.45) is 4.99 Å². The monoisotopic (exact) mass is 639 g/mol. The highest BCUT2D eigenvalue weighted by Gasteiger charge is 2.31. The summed E-state index contributed by atoms with van der Waals surface area (Å²) in [6, 6.07) is 32.0. The van der Waals surface area contributed by atoms with E-state index in [-0.39, 0.29) is 6.04 Å². The van der Waals surface area contributed by atoms with E-state index in [1.807, 2.05) is 18.2 Å². The molecule has 46 heavy (non-hydrogen) atoms. The van der Waals surface area contributed by atoms with E-state index >= 15 is 0 Å². The van der Waals surface area contributed by atoms with Crippen molar-refractivity contribution >= 4 is 78.8 Å². The molecule has 1 fully saturated rings. The second-order valence-electron chi connectivity index (χ2n) is 12.2. The van der Waals surface area contributed by atoms with Gasteiger partial charge in [-0.1, -0.05) is 90.0 Å². The maximum atomic E-state index is 6.64. The molecular formula is C41H35Cl2N3. The summed E-state index contributed by atoms with van der Waals surface area (Å²) in [6.07, 6.45) is 9.90. The molecule has 0 bridgehead atoms. The van der Waals surface area contributed by atoms with Gasteiger partial charge in [0.1, 0.15) is 0 Å². The average Bonchev–Trinajstić information content (AvgIpc) is 3.72. The van der Waals surface area contributed by atoms with Gasteiger partial charge in [0.15, 0.2) is 0 Å². The average molecular weight is 641 g/mol. The molecule has 0 spiro atoms. The SMILES string of the molecule is CCN1c2ccc(Cl)c3cccc(c23)C1CC=C1CCC(=CC=c2c3cccc4c(Cl)ccc(c43)n2CC)C1=Nc1ccccc1. The number of aryl methyl sites for hydroxylation is 1. The zero-order valence-corrected chi connectivity index (χ0v) is 27.6. The predicted octanol–water partition coefficient (Wildman–Crippen LogP) is 11.2. The fourth-order valence-corrected chi connectivity index (χ4v) is 8.19. The van der Waals surface area contributed by atoms with Gasteiger partial charge in [-0.15, -0.1) is 0 Å². The van der Waals surface area contributed by atoms with Crippen LogP contribution in [0.4, 0.5) is 11.4 Å². The Morgan fingerprint density at radius 2 is 1.43 bits per heavy atom. The molecule has 1 aromatic heterocycles. The number of anilines is 1. The first-order valence-electron chi connectivity index (χ1n) is 16.3. The van der Waals surface area contributed by atoms with Gasteiger partial charge in [-0.05, 0) is 92.3 Å². The summed E-state index contributed by atoms with van der Waals surface area (Å²) in [4.78, 5) is 7.78. The van der Waals surface area contributed by atoms with Crippen molar-refractivity contribution in [3.8, 4) is 0 Å². The summed E-state index contributed by atoms with van der Waals surface area (Å²) in [5, 5.41) is 8.85. The van der Waals surface area contributed by atoms with Crippen LogP contribution in [0.1, 0.15) is 44.7 Å². The van der Waals surface area contributed by atoms with Gasteiger partial charge in [-0.3, -0.25) is 0 Å². The molecule has 3 nitrogen and oxygen atoms in total. The smallest absolute Gasteiger partial charge is 0.0697 e. The van der Waals surface area contributed by atoms with Crippen LogP contribution in [0.25, 0.3) is 38.5 Å². The molecule has 1 saturated carbocycles. The first kappa shape index (κ1) is 29.1. The number of hydrogen-bond acceptors (Lipinski definition) is 2. The number of nitrogens with zero attached hydrogens (tertiary/aromatic N) is 3. The van der Waals surface area contributed by atoms with Gasteiger partial charge in [0.2, 0.25) is 0 Å². The first-order chi connectivity index (χ1) is 22.6. The van der Waals surface area contributed by atoms with Gasteiger partial charge < -0.3 is 9.47 Å². The lowest BCUT2D eigenvalue weighted by atomic mass is 9.98. The van der Waals surface area contributed by atoms with E-state index in [4.69, 9.17) is 28.2 Å². The lowest BCUT2D eigenvalue weighted by molar-refractivity contribution is 0.663. The van der Waals surface area contributed by atoms with Crippen molar-refractivity contribution < 1.29 is 0 Å². The van der Waals surface area contributed by atoms with Crippen molar-refractivity contribution in [2.45, 2.75) is 45.7 Å². The maximum Gasteiger partial charge on any atom is 0.0697 e. The Bertz CT molecular complexity index is 2290. The largest absolute Gasteiger partial charge is 0.364 e. The quantitative estimate of drug-likeness (QED) is 0.177. The molecule has 1 atom stereocenters. The van der Waals surface area contributed by atoms with Crippen LogP contribution in [0.2, 0.25) is 10.0 Å². The minimum atomic E-state index is 0.269. The van der Waals surface area contributed by atoms with Gasteiger partial charge >= 0.3 is 0 Å². The fourth-order valence-electron chi connectivity index (χ4n) is 7.75. The Kier molecular flexibility index (Phi) is 7.47. The molecule has 2 aliphatic rings. The van der Waals surface area contributed by atoms with Gasteiger partial charge in [-0.2, -0.15) is 0 Å². The summed E-state index contributed by atoms with van der Waals surface area (Å²) in [7, 11) is 0. The van der Waals surface area contributed by atoms with Crippen molar-refractivity contribution in [3.05, 3.63) is 135 Å². The van der Waals surface area contributed by atoms with Crippen LogP contribution in [0.5, 0.6) is 0 Å². The van der Waals surface area contributed by atoms with E-state index in [1.54, 1.807) is 0 Å². The van der Waals surface area contributed by atoms with Crippen molar-refractivity contribution in [3.63, 3.8) is 0 Å². The Morgan fingerprint density at radius 1 is 0.717 bits per heavy atom. The number of rotatable bonds is 6. The number of para-hydroxylation sites is 1. The van der Waals surface area contributed by atoms with Crippen LogP contribution < -0.4 is 10.2 Å². The van der Waals surface area contributed by atoms with Crippen molar-refractivity contribution in [2.75, 3.05) is 11.4 Å². The standard InChI is InChI=1S/C41H35Cl2N3/c1-3-45-35(31-14-8-12-29-33(42)20-24-37(45)39(29)31)22-18-26-16-17-27(41(26)44-28-10-6-5-7-11-28)19-23-36-32-15-9-13-30-34(43)21-25-38(40(30)32)46(36)4-2/h5-15,18-22,24-25,36H,3-4,16-17,23H2,1-2H3. The van der Waals surface area contributed by atoms with Gasteiger partial charge in [-0.25, -0.2) is 4.99 Å². The van der Waals surface area contributed by atoms with Crippen molar-refractivity contribution in [1.29, 1.82) is 0 Å². The molecule has 8 rings (SSSR count). The molecule has 1 aliphatic carbocycles. The molecule has 1 aliphatic heterocycles. The van der Waals surface area contributed by atoms with E-state index in [2.05, 4.69) is 114 Å². The number of allylic oxidation sites excluding steroid dienone is 3. The molecule has 0 radical (unpaired) electrons.